The summed E-state index contributed by atoms with van der Waals surface area (Å²) in [7, 11) is 0. The van der Waals surface area contributed by atoms with Crippen LogP contribution in [0.1, 0.15) is 38.3 Å². The van der Waals surface area contributed by atoms with E-state index in [0.717, 1.165) is 27.2 Å². The molecule has 0 bridgehead atoms. The molecule has 1 aliphatic heterocycles. The molecule has 0 radical (unpaired) electrons. The van der Waals surface area contributed by atoms with Crippen molar-refractivity contribution in [1.29, 1.82) is 0 Å². The summed E-state index contributed by atoms with van der Waals surface area (Å²) in [6, 6.07) is 26.7. The maximum Gasteiger partial charge on any atom is 0.413 e. The highest BCUT2D eigenvalue weighted by Crippen LogP contribution is 2.34. The minimum absolute atomic E-state index is 0.0973. The predicted octanol–water partition coefficient (Wildman–Crippen LogP) is 5.58. The van der Waals surface area contributed by atoms with E-state index in [1.807, 2.05) is 72.8 Å². The molecular formula is C30H33NO5. The second-order valence-electron chi connectivity index (χ2n) is 10.2. The van der Waals surface area contributed by atoms with Crippen LogP contribution in [-0.4, -0.2) is 39.9 Å². The molecule has 1 fully saturated rings. The first kappa shape index (κ1) is 25.5. The van der Waals surface area contributed by atoms with Crippen LogP contribution >= 0.6 is 0 Å². The summed E-state index contributed by atoms with van der Waals surface area (Å²) in [5, 5.41) is 11.1. The fourth-order valence-electron chi connectivity index (χ4n) is 4.47. The highest BCUT2D eigenvalue weighted by Gasteiger charge is 2.48. The van der Waals surface area contributed by atoms with Crippen molar-refractivity contribution in [2.75, 3.05) is 0 Å². The van der Waals surface area contributed by atoms with Gasteiger partial charge in [-0.05, 0) is 55.9 Å². The lowest BCUT2D eigenvalue weighted by Gasteiger charge is -2.30. The molecule has 188 valence electrons. The third-order valence-electron chi connectivity index (χ3n) is 6.23. The minimum Gasteiger partial charge on any atom is -0.459 e. The Labute approximate surface area is 212 Å². The fourth-order valence-corrected chi connectivity index (χ4v) is 4.47. The summed E-state index contributed by atoms with van der Waals surface area (Å²) in [6.07, 6.45) is -1.09. The van der Waals surface area contributed by atoms with E-state index < -0.39 is 29.9 Å². The molecule has 36 heavy (non-hydrogen) atoms. The van der Waals surface area contributed by atoms with E-state index in [0.29, 0.717) is 6.42 Å². The molecule has 0 aromatic heterocycles. The Morgan fingerprint density at radius 3 is 2.06 bits per heavy atom. The molecule has 3 aromatic rings. The second-order valence-corrected chi connectivity index (χ2v) is 10.2. The molecule has 1 unspecified atom stereocenters. The summed E-state index contributed by atoms with van der Waals surface area (Å²) < 4.78 is 11.1. The van der Waals surface area contributed by atoms with Crippen LogP contribution in [0.25, 0.3) is 11.1 Å². The van der Waals surface area contributed by atoms with Gasteiger partial charge in [0.1, 0.15) is 24.5 Å². The Bertz CT molecular complexity index is 1160. The third-order valence-corrected chi connectivity index (χ3v) is 6.23. The summed E-state index contributed by atoms with van der Waals surface area (Å²) >= 11 is 0. The zero-order valence-electron chi connectivity index (χ0n) is 21.0. The van der Waals surface area contributed by atoms with Crippen molar-refractivity contribution in [2.45, 2.75) is 58.1 Å². The lowest BCUT2D eigenvalue weighted by atomic mass is 9.94. The zero-order valence-corrected chi connectivity index (χ0v) is 21.0. The fraction of sp³-hybridized carbons (Fsp3) is 0.333. The number of amides is 1. The number of carbonyl (C=O) groups excluding carboxylic acids is 2. The standard InChI is InChI=1S/C30H33NO5/c1-30(2,3)36-29(34)31-26(28(33)35-20-22-10-6-4-7-11-22)19-25(27(31)32)18-21-14-16-24(17-15-21)23-12-8-5-9-13-23/h4-17,25-27,32H,18-20H2,1-3H3/t25-,26+,27?/m0/s1. The van der Waals surface area contributed by atoms with Crippen LogP contribution in [0.15, 0.2) is 84.9 Å². The van der Waals surface area contributed by atoms with Crippen molar-refractivity contribution >= 4 is 12.1 Å². The average molecular weight is 488 g/mol. The van der Waals surface area contributed by atoms with Gasteiger partial charge in [0.05, 0.1) is 0 Å². The van der Waals surface area contributed by atoms with Crippen molar-refractivity contribution < 1.29 is 24.2 Å². The molecule has 6 heteroatoms. The molecule has 0 spiro atoms. The first-order valence-corrected chi connectivity index (χ1v) is 12.3. The highest BCUT2D eigenvalue weighted by molar-refractivity contribution is 5.82. The Balaban J connectivity index is 1.49. The summed E-state index contributed by atoms with van der Waals surface area (Å²) in [6.45, 7) is 5.35. The number of nitrogens with zero attached hydrogens (tertiary/aromatic N) is 1. The monoisotopic (exact) mass is 487 g/mol. The average Bonchev–Trinajstić information content (AvgIpc) is 3.19. The number of rotatable bonds is 6. The SMILES string of the molecule is CC(C)(C)OC(=O)N1C(O)[C@@H](Cc2ccc(-c3ccccc3)cc2)C[C@@H]1C(=O)OCc1ccccc1. The molecular weight excluding hydrogens is 454 g/mol. The molecule has 6 nitrogen and oxygen atoms in total. The molecule has 1 heterocycles. The number of hydrogen-bond donors (Lipinski definition) is 1. The summed E-state index contributed by atoms with van der Waals surface area (Å²) in [4.78, 5) is 27.2. The molecule has 0 saturated carbocycles. The van der Waals surface area contributed by atoms with Crippen LogP contribution < -0.4 is 0 Å². The third kappa shape index (κ3) is 6.32. The van der Waals surface area contributed by atoms with Crippen LogP contribution in [0, 0.1) is 5.92 Å². The van der Waals surface area contributed by atoms with Crippen molar-refractivity contribution in [3.63, 3.8) is 0 Å². The van der Waals surface area contributed by atoms with E-state index in [-0.39, 0.29) is 18.9 Å². The molecule has 4 rings (SSSR count). The zero-order chi connectivity index (χ0) is 25.7. The highest BCUT2D eigenvalue weighted by atomic mass is 16.6. The normalized spacial score (nSPS) is 19.7. The molecule has 1 aliphatic rings. The van der Waals surface area contributed by atoms with Crippen LogP contribution in [-0.2, 0) is 27.3 Å². The van der Waals surface area contributed by atoms with Crippen molar-refractivity contribution in [3.05, 3.63) is 96.1 Å². The first-order valence-electron chi connectivity index (χ1n) is 12.3. The van der Waals surface area contributed by atoms with Gasteiger partial charge in [-0.15, -0.1) is 0 Å². The van der Waals surface area contributed by atoms with Gasteiger partial charge in [0, 0.05) is 5.92 Å². The van der Waals surface area contributed by atoms with Gasteiger partial charge in [0.2, 0.25) is 0 Å². The lowest BCUT2D eigenvalue weighted by Crippen LogP contribution is -2.48. The number of benzene rings is 3. The number of aliphatic hydroxyl groups excluding tert-OH is 1. The van der Waals surface area contributed by atoms with E-state index in [4.69, 9.17) is 9.47 Å². The largest absolute Gasteiger partial charge is 0.459 e. The maximum absolute atomic E-state index is 13.1. The quantitative estimate of drug-likeness (QED) is 0.459. The first-order chi connectivity index (χ1) is 17.2. The molecule has 1 amide bonds. The van der Waals surface area contributed by atoms with Gasteiger partial charge in [0.25, 0.3) is 0 Å². The van der Waals surface area contributed by atoms with E-state index >= 15 is 0 Å². The van der Waals surface area contributed by atoms with Crippen molar-refractivity contribution in [1.82, 2.24) is 4.90 Å². The Morgan fingerprint density at radius 2 is 1.44 bits per heavy atom. The van der Waals surface area contributed by atoms with Gasteiger partial charge in [-0.3, -0.25) is 4.90 Å². The van der Waals surface area contributed by atoms with Crippen LogP contribution in [0.3, 0.4) is 0 Å². The summed E-state index contributed by atoms with van der Waals surface area (Å²) in [5.41, 5.74) is 3.33. The van der Waals surface area contributed by atoms with Crippen LogP contribution in [0.5, 0.6) is 0 Å². The van der Waals surface area contributed by atoms with E-state index in [1.165, 1.54) is 0 Å². The molecule has 3 atom stereocenters. The van der Waals surface area contributed by atoms with Gasteiger partial charge in [-0.25, -0.2) is 9.59 Å². The van der Waals surface area contributed by atoms with Gasteiger partial charge in [0.15, 0.2) is 0 Å². The van der Waals surface area contributed by atoms with Crippen molar-refractivity contribution in [2.24, 2.45) is 5.92 Å². The summed E-state index contributed by atoms with van der Waals surface area (Å²) in [5.74, 6) is -0.889. The maximum atomic E-state index is 13.1. The van der Waals surface area contributed by atoms with Gasteiger partial charge >= 0.3 is 12.1 Å². The topological polar surface area (TPSA) is 76.1 Å². The number of esters is 1. The van der Waals surface area contributed by atoms with Gasteiger partial charge in [-0.2, -0.15) is 0 Å². The predicted molar refractivity (Wildman–Crippen MR) is 138 cm³/mol. The van der Waals surface area contributed by atoms with Gasteiger partial charge < -0.3 is 14.6 Å². The van der Waals surface area contributed by atoms with Crippen LogP contribution in [0.4, 0.5) is 4.79 Å². The smallest absolute Gasteiger partial charge is 0.413 e. The molecule has 1 N–H and O–H groups in total. The van der Waals surface area contributed by atoms with E-state index in [1.54, 1.807) is 20.8 Å². The minimum atomic E-state index is -1.16. The van der Waals surface area contributed by atoms with E-state index in [9.17, 15) is 14.7 Å². The van der Waals surface area contributed by atoms with Crippen molar-refractivity contribution in [3.8, 4) is 11.1 Å². The number of aliphatic hydroxyl groups is 1. The lowest BCUT2D eigenvalue weighted by molar-refractivity contribution is -0.152. The van der Waals surface area contributed by atoms with Crippen LogP contribution in [0.2, 0.25) is 0 Å². The molecule has 0 aliphatic carbocycles. The Kier molecular flexibility index (Phi) is 7.75. The molecule has 1 saturated heterocycles. The second kappa shape index (κ2) is 11.0. The number of likely N-dealkylation sites (tertiary alicyclic amines) is 1. The Morgan fingerprint density at radius 1 is 0.861 bits per heavy atom. The Hall–Kier alpha value is -3.64. The van der Waals surface area contributed by atoms with Gasteiger partial charge in [-0.1, -0.05) is 84.9 Å². The molecule has 3 aromatic carbocycles. The number of carbonyl (C=O) groups is 2. The van der Waals surface area contributed by atoms with E-state index in [2.05, 4.69) is 12.1 Å². The number of ether oxygens (including phenoxy) is 2. The number of hydrogen-bond acceptors (Lipinski definition) is 5.